The average molecular weight is 326 g/mol. The van der Waals surface area contributed by atoms with E-state index in [1.54, 1.807) is 0 Å². The van der Waals surface area contributed by atoms with Crippen molar-refractivity contribution < 1.29 is 4.79 Å². The fourth-order valence-corrected chi connectivity index (χ4v) is 3.57. The largest absolute Gasteiger partial charge is 0.351 e. The van der Waals surface area contributed by atoms with Crippen LogP contribution in [0.5, 0.6) is 0 Å². The van der Waals surface area contributed by atoms with Crippen LogP contribution in [-0.4, -0.2) is 34.2 Å². The van der Waals surface area contributed by atoms with Gasteiger partial charge in [0.2, 0.25) is 5.91 Å². The number of aromatic nitrogens is 2. The third-order valence-electron chi connectivity index (χ3n) is 5.02. The Balaban J connectivity index is 1.78. The van der Waals surface area contributed by atoms with Gasteiger partial charge in [-0.2, -0.15) is 5.10 Å². The minimum absolute atomic E-state index is 0.0920. The summed E-state index contributed by atoms with van der Waals surface area (Å²) in [5.74, 6) is -0.0223. The van der Waals surface area contributed by atoms with E-state index in [0.29, 0.717) is 6.54 Å². The SMILES string of the molecule is Cc1ccc2c(c1)CN(C)CC2C(=O)NCc1c(C)nn(C)c1C. The van der Waals surface area contributed by atoms with Crippen LogP contribution in [0.1, 0.15) is 39.6 Å². The van der Waals surface area contributed by atoms with Gasteiger partial charge in [0, 0.05) is 37.9 Å². The Kier molecular flexibility index (Phi) is 4.45. The molecule has 24 heavy (non-hydrogen) atoms. The lowest BCUT2D eigenvalue weighted by Crippen LogP contribution is -2.39. The Labute approximate surface area is 143 Å². The first kappa shape index (κ1) is 16.7. The summed E-state index contributed by atoms with van der Waals surface area (Å²) in [6.45, 7) is 8.31. The molecule has 1 amide bonds. The van der Waals surface area contributed by atoms with Crippen molar-refractivity contribution in [3.63, 3.8) is 0 Å². The third-order valence-corrected chi connectivity index (χ3v) is 5.02. The summed E-state index contributed by atoms with van der Waals surface area (Å²) in [5, 5.41) is 7.54. The molecule has 0 fully saturated rings. The van der Waals surface area contributed by atoms with Gasteiger partial charge in [-0.1, -0.05) is 23.8 Å². The molecule has 5 nitrogen and oxygen atoms in total. The number of benzene rings is 1. The number of rotatable bonds is 3. The quantitative estimate of drug-likeness (QED) is 0.941. The van der Waals surface area contributed by atoms with E-state index in [0.717, 1.165) is 35.6 Å². The van der Waals surface area contributed by atoms with Crippen LogP contribution < -0.4 is 5.32 Å². The minimum atomic E-state index is -0.114. The van der Waals surface area contributed by atoms with Crippen LogP contribution in [0.25, 0.3) is 0 Å². The van der Waals surface area contributed by atoms with Gasteiger partial charge < -0.3 is 10.2 Å². The Morgan fingerprint density at radius 1 is 1.29 bits per heavy atom. The zero-order valence-electron chi connectivity index (χ0n) is 15.2. The van der Waals surface area contributed by atoms with Crippen LogP contribution in [0.15, 0.2) is 18.2 Å². The number of likely N-dealkylation sites (N-methyl/N-ethyl adjacent to an activating group) is 1. The Morgan fingerprint density at radius 3 is 2.71 bits per heavy atom. The Morgan fingerprint density at radius 2 is 2.04 bits per heavy atom. The molecule has 3 rings (SSSR count). The second kappa shape index (κ2) is 6.40. The molecule has 1 aromatic carbocycles. The molecule has 1 atom stereocenters. The van der Waals surface area contributed by atoms with Gasteiger partial charge >= 0.3 is 0 Å². The number of hydrogen-bond donors (Lipinski definition) is 1. The van der Waals surface area contributed by atoms with Crippen molar-refractivity contribution in [2.45, 2.75) is 39.8 Å². The number of carbonyl (C=O) groups is 1. The van der Waals surface area contributed by atoms with E-state index in [2.05, 4.69) is 47.5 Å². The van der Waals surface area contributed by atoms with Crippen molar-refractivity contribution in [1.82, 2.24) is 20.0 Å². The van der Waals surface area contributed by atoms with Crippen molar-refractivity contribution in [3.05, 3.63) is 51.8 Å². The highest BCUT2D eigenvalue weighted by Gasteiger charge is 2.29. The minimum Gasteiger partial charge on any atom is -0.351 e. The Hall–Kier alpha value is -2.14. The third kappa shape index (κ3) is 3.08. The topological polar surface area (TPSA) is 50.2 Å². The van der Waals surface area contributed by atoms with Crippen molar-refractivity contribution in [1.29, 1.82) is 0 Å². The molecule has 2 heterocycles. The van der Waals surface area contributed by atoms with E-state index in [-0.39, 0.29) is 11.8 Å². The highest BCUT2D eigenvalue weighted by molar-refractivity contribution is 5.84. The van der Waals surface area contributed by atoms with E-state index in [1.165, 1.54) is 11.1 Å². The molecule has 0 aliphatic carbocycles. The summed E-state index contributed by atoms with van der Waals surface area (Å²) in [4.78, 5) is 15.0. The number of amides is 1. The smallest absolute Gasteiger partial charge is 0.229 e. The molecule has 0 spiro atoms. The standard InChI is InChI=1S/C19H26N4O/c1-12-6-7-16-15(8-12)10-22(4)11-18(16)19(24)20-9-17-13(2)21-23(5)14(17)3/h6-8,18H,9-11H2,1-5H3,(H,20,24). The number of nitrogens with zero attached hydrogens (tertiary/aromatic N) is 3. The summed E-state index contributed by atoms with van der Waals surface area (Å²) in [7, 11) is 4.00. The number of fused-ring (bicyclic) bond motifs is 1. The molecule has 5 heteroatoms. The van der Waals surface area contributed by atoms with Crippen molar-refractivity contribution in [2.24, 2.45) is 7.05 Å². The molecular formula is C19H26N4O. The maximum atomic E-state index is 12.8. The van der Waals surface area contributed by atoms with Crippen molar-refractivity contribution in [2.75, 3.05) is 13.6 Å². The highest BCUT2D eigenvalue weighted by Crippen LogP contribution is 2.28. The van der Waals surface area contributed by atoms with Gasteiger partial charge in [0.05, 0.1) is 11.6 Å². The summed E-state index contributed by atoms with van der Waals surface area (Å²) >= 11 is 0. The van der Waals surface area contributed by atoms with E-state index in [1.807, 2.05) is 25.6 Å². The number of hydrogen-bond acceptors (Lipinski definition) is 3. The van der Waals surface area contributed by atoms with E-state index < -0.39 is 0 Å². The van der Waals surface area contributed by atoms with Crippen LogP contribution in [0.2, 0.25) is 0 Å². The molecule has 1 aliphatic heterocycles. The monoisotopic (exact) mass is 326 g/mol. The molecule has 1 N–H and O–H groups in total. The lowest BCUT2D eigenvalue weighted by Gasteiger charge is -2.31. The van der Waals surface area contributed by atoms with Gasteiger partial charge in [0.1, 0.15) is 0 Å². The summed E-state index contributed by atoms with van der Waals surface area (Å²) in [5.41, 5.74) is 6.86. The molecule has 1 aromatic heterocycles. The normalized spacial score (nSPS) is 17.6. The maximum absolute atomic E-state index is 12.8. The number of aryl methyl sites for hydroxylation is 3. The summed E-state index contributed by atoms with van der Waals surface area (Å²) in [6, 6.07) is 6.41. The van der Waals surface area contributed by atoms with Gasteiger partial charge in [-0.05, 0) is 38.9 Å². The van der Waals surface area contributed by atoms with Gasteiger partial charge in [0.25, 0.3) is 0 Å². The first-order chi connectivity index (χ1) is 11.4. The lowest BCUT2D eigenvalue weighted by atomic mass is 9.88. The molecular weight excluding hydrogens is 300 g/mol. The number of carbonyl (C=O) groups excluding carboxylic acids is 1. The highest BCUT2D eigenvalue weighted by atomic mass is 16.1. The van der Waals surface area contributed by atoms with Crippen molar-refractivity contribution >= 4 is 5.91 Å². The van der Waals surface area contributed by atoms with Crippen LogP contribution in [-0.2, 0) is 24.9 Å². The van der Waals surface area contributed by atoms with E-state index >= 15 is 0 Å². The fraction of sp³-hybridized carbons (Fsp3) is 0.474. The summed E-state index contributed by atoms with van der Waals surface area (Å²) in [6.07, 6.45) is 0. The van der Waals surface area contributed by atoms with Gasteiger partial charge in [-0.15, -0.1) is 0 Å². The molecule has 0 saturated carbocycles. The predicted octanol–water partition coefficient (Wildman–Crippen LogP) is 2.19. The van der Waals surface area contributed by atoms with Crippen LogP contribution in [0.4, 0.5) is 0 Å². The molecule has 1 aliphatic rings. The van der Waals surface area contributed by atoms with Gasteiger partial charge in [-0.25, -0.2) is 0 Å². The second-order valence-corrected chi connectivity index (χ2v) is 6.94. The first-order valence-electron chi connectivity index (χ1n) is 8.41. The lowest BCUT2D eigenvalue weighted by molar-refractivity contribution is -0.123. The molecule has 2 aromatic rings. The average Bonchev–Trinajstić information content (AvgIpc) is 2.76. The van der Waals surface area contributed by atoms with Crippen molar-refractivity contribution in [3.8, 4) is 0 Å². The maximum Gasteiger partial charge on any atom is 0.229 e. The number of nitrogens with one attached hydrogen (secondary N) is 1. The van der Waals surface area contributed by atoms with Crippen LogP contribution >= 0.6 is 0 Å². The summed E-state index contributed by atoms with van der Waals surface area (Å²) < 4.78 is 1.86. The van der Waals surface area contributed by atoms with E-state index in [9.17, 15) is 4.79 Å². The zero-order valence-corrected chi connectivity index (χ0v) is 15.2. The second-order valence-electron chi connectivity index (χ2n) is 6.94. The van der Waals surface area contributed by atoms with Crippen LogP contribution in [0.3, 0.4) is 0 Å². The molecule has 0 radical (unpaired) electrons. The predicted molar refractivity (Wildman–Crippen MR) is 94.8 cm³/mol. The molecule has 0 bridgehead atoms. The fourth-order valence-electron chi connectivity index (χ4n) is 3.57. The van der Waals surface area contributed by atoms with Gasteiger partial charge in [0.15, 0.2) is 0 Å². The van der Waals surface area contributed by atoms with Gasteiger partial charge in [-0.3, -0.25) is 9.48 Å². The van der Waals surface area contributed by atoms with E-state index in [4.69, 9.17) is 0 Å². The molecule has 128 valence electrons. The Bertz CT molecular complexity index is 778. The zero-order chi connectivity index (χ0) is 17.4. The van der Waals surface area contributed by atoms with Crippen LogP contribution in [0, 0.1) is 20.8 Å². The molecule has 0 saturated heterocycles. The first-order valence-corrected chi connectivity index (χ1v) is 8.41. The molecule has 1 unspecified atom stereocenters.